The van der Waals surface area contributed by atoms with Crippen molar-refractivity contribution in [2.75, 3.05) is 45.2 Å². The summed E-state index contributed by atoms with van der Waals surface area (Å²) in [6.07, 6.45) is 0. The first kappa shape index (κ1) is 11.3. The van der Waals surface area contributed by atoms with E-state index >= 15 is 0 Å². The van der Waals surface area contributed by atoms with Gasteiger partial charge >= 0.3 is 0 Å². The second kappa shape index (κ2) is 4.67. The Morgan fingerprint density at radius 2 is 1.77 bits per heavy atom. The zero-order valence-electron chi connectivity index (χ0n) is 9.34. The smallest absolute Gasteiger partial charge is 0.0551 e. The maximum Gasteiger partial charge on any atom is 0.0551 e. The monoisotopic (exact) mass is 202 g/mol. The van der Waals surface area contributed by atoms with Crippen molar-refractivity contribution in [3.05, 3.63) is 0 Å². The summed E-state index contributed by atoms with van der Waals surface area (Å²) in [6, 6.07) is 0. The molecule has 2 fully saturated rings. The van der Waals surface area contributed by atoms with Gasteiger partial charge in [0.25, 0.3) is 0 Å². The van der Waals surface area contributed by atoms with Gasteiger partial charge in [0.2, 0.25) is 0 Å². The van der Waals surface area contributed by atoms with Crippen LogP contribution in [0, 0.1) is 0 Å². The van der Waals surface area contributed by atoms with Crippen molar-refractivity contribution in [2.24, 2.45) is 0 Å². The van der Waals surface area contributed by atoms with Gasteiger partial charge in [-0.3, -0.25) is 4.90 Å². The first-order valence-electron chi connectivity index (χ1n) is 5.20. The van der Waals surface area contributed by atoms with E-state index in [0.29, 0.717) is 5.54 Å². The Kier molecular flexibility index (Phi) is 4.07. The summed E-state index contributed by atoms with van der Waals surface area (Å²) in [5.74, 6) is 2.66. The molecule has 0 unspecified atom stereocenters. The van der Waals surface area contributed by atoms with Gasteiger partial charge in [0.05, 0.1) is 5.54 Å². The zero-order valence-corrected chi connectivity index (χ0v) is 10.2. The normalized spacial score (nSPS) is 27.7. The van der Waals surface area contributed by atoms with Crippen LogP contribution in [0.5, 0.6) is 0 Å². The number of likely N-dealkylation sites (N-methyl/N-ethyl adjacent to an activating group) is 2. The van der Waals surface area contributed by atoms with Crippen LogP contribution in [0.3, 0.4) is 0 Å². The van der Waals surface area contributed by atoms with Crippen LogP contribution in [0.15, 0.2) is 0 Å². The Morgan fingerprint density at radius 3 is 2.23 bits per heavy atom. The third kappa shape index (κ3) is 2.20. The number of likely N-dealkylation sites (tertiary alicyclic amines) is 1. The van der Waals surface area contributed by atoms with E-state index in [0.717, 1.165) is 0 Å². The lowest BCUT2D eigenvalue weighted by atomic mass is 9.91. The average molecular weight is 202 g/mol. The summed E-state index contributed by atoms with van der Waals surface area (Å²) < 4.78 is 0. The third-order valence-electron chi connectivity index (χ3n) is 2.88. The highest BCUT2D eigenvalue weighted by Crippen LogP contribution is 2.32. The summed E-state index contributed by atoms with van der Waals surface area (Å²) in [6.45, 7) is 7.82. The topological polar surface area (TPSA) is 6.48 Å². The first-order chi connectivity index (χ1) is 6.23. The molecule has 0 aromatic rings. The molecule has 2 aliphatic heterocycles. The molecule has 0 radical (unpaired) electrons. The van der Waals surface area contributed by atoms with E-state index in [1.54, 1.807) is 0 Å². The van der Waals surface area contributed by atoms with Gasteiger partial charge in [-0.25, -0.2) is 0 Å². The fourth-order valence-corrected chi connectivity index (χ4v) is 3.43. The second-order valence-corrected chi connectivity index (χ2v) is 4.98. The van der Waals surface area contributed by atoms with E-state index < -0.39 is 0 Å². The van der Waals surface area contributed by atoms with Crippen molar-refractivity contribution < 1.29 is 0 Å². The van der Waals surface area contributed by atoms with Crippen molar-refractivity contribution in [3.8, 4) is 0 Å². The molecule has 0 N–H and O–H groups in total. The predicted molar refractivity (Wildman–Crippen MR) is 61.5 cm³/mol. The molecule has 3 heteroatoms. The van der Waals surface area contributed by atoms with Gasteiger partial charge in [-0.05, 0) is 14.1 Å². The molecule has 78 valence electrons. The van der Waals surface area contributed by atoms with Crippen LogP contribution in [0.4, 0.5) is 0 Å². The molecule has 0 aromatic heterocycles. The van der Waals surface area contributed by atoms with Gasteiger partial charge in [0, 0.05) is 31.1 Å². The number of nitrogens with zero attached hydrogens (tertiary/aromatic N) is 2. The van der Waals surface area contributed by atoms with Gasteiger partial charge in [-0.2, -0.15) is 11.8 Å². The Balaban J connectivity index is 0.000000396. The molecule has 0 aromatic carbocycles. The summed E-state index contributed by atoms with van der Waals surface area (Å²) in [4.78, 5) is 4.95. The Hall–Kier alpha value is 0.270. The standard InChI is InChI=1S/C8H16N2S.C2H6/c1-9-5-8(6-9)7-11-4-3-10(8)2;1-2/h3-7H2,1-2H3;1-2H3. The molecule has 0 atom stereocenters. The highest BCUT2D eigenvalue weighted by atomic mass is 32.2. The van der Waals surface area contributed by atoms with Gasteiger partial charge in [-0.15, -0.1) is 0 Å². The second-order valence-electron chi connectivity index (χ2n) is 3.87. The highest BCUT2D eigenvalue weighted by molar-refractivity contribution is 7.99. The van der Waals surface area contributed by atoms with Gasteiger partial charge in [0.15, 0.2) is 0 Å². The van der Waals surface area contributed by atoms with Crippen LogP contribution >= 0.6 is 11.8 Å². The molecule has 0 aliphatic carbocycles. The van der Waals surface area contributed by atoms with Crippen LogP contribution in [0.1, 0.15) is 13.8 Å². The zero-order chi connectivity index (χ0) is 9.90. The fraction of sp³-hybridized carbons (Fsp3) is 1.00. The number of hydrogen-bond donors (Lipinski definition) is 0. The Labute approximate surface area is 86.7 Å². The maximum absolute atomic E-state index is 2.55. The van der Waals surface area contributed by atoms with E-state index in [1.165, 1.54) is 31.1 Å². The van der Waals surface area contributed by atoms with Crippen molar-refractivity contribution in [2.45, 2.75) is 19.4 Å². The van der Waals surface area contributed by atoms with Crippen molar-refractivity contribution in [1.82, 2.24) is 9.80 Å². The van der Waals surface area contributed by atoms with Crippen molar-refractivity contribution in [1.29, 1.82) is 0 Å². The number of thioether (sulfide) groups is 1. The maximum atomic E-state index is 2.55. The molecule has 2 nitrogen and oxygen atoms in total. The molecule has 2 heterocycles. The predicted octanol–water partition coefficient (Wildman–Crippen LogP) is 1.38. The van der Waals surface area contributed by atoms with E-state index in [-0.39, 0.29) is 0 Å². The van der Waals surface area contributed by atoms with E-state index in [2.05, 4.69) is 35.7 Å². The molecular formula is C10H22N2S. The van der Waals surface area contributed by atoms with Gasteiger partial charge in [0.1, 0.15) is 0 Å². The molecule has 2 aliphatic rings. The molecular weight excluding hydrogens is 180 g/mol. The summed E-state index contributed by atoms with van der Waals surface area (Å²) in [7, 11) is 4.48. The number of rotatable bonds is 0. The summed E-state index contributed by atoms with van der Waals surface area (Å²) in [5.41, 5.74) is 0.553. The molecule has 0 amide bonds. The molecule has 2 rings (SSSR count). The largest absolute Gasteiger partial charge is 0.303 e. The van der Waals surface area contributed by atoms with Crippen LogP contribution in [0.25, 0.3) is 0 Å². The van der Waals surface area contributed by atoms with Gasteiger partial charge in [-0.1, -0.05) is 13.8 Å². The highest BCUT2D eigenvalue weighted by Gasteiger charge is 2.45. The molecule has 2 saturated heterocycles. The van der Waals surface area contributed by atoms with Crippen LogP contribution in [-0.4, -0.2) is 60.6 Å². The van der Waals surface area contributed by atoms with Crippen molar-refractivity contribution >= 4 is 11.8 Å². The Morgan fingerprint density at radius 1 is 1.15 bits per heavy atom. The first-order valence-corrected chi connectivity index (χ1v) is 6.36. The van der Waals surface area contributed by atoms with Crippen LogP contribution in [0.2, 0.25) is 0 Å². The number of hydrogen-bond acceptors (Lipinski definition) is 3. The minimum absolute atomic E-state index is 0.553. The molecule has 13 heavy (non-hydrogen) atoms. The van der Waals surface area contributed by atoms with Crippen molar-refractivity contribution in [3.63, 3.8) is 0 Å². The Bertz CT molecular complexity index is 149. The lowest BCUT2D eigenvalue weighted by molar-refractivity contribution is -0.00913. The van der Waals surface area contributed by atoms with E-state index in [1.807, 2.05) is 13.8 Å². The van der Waals surface area contributed by atoms with Gasteiger partial charge < -0.3 is 4.90 Å². The lowest BCUT2D eigenvalue weighted by Crippen LogP contribution is -2.71. The van der Waals surface area contributed by atoms with Crippen LogP contribution < -0.4 is 0 Å². The minimum Gasteiger partial charge on any atom is -0.303 e. The molecule has 1 spiro atoms. The van der Waals surface area contributed by atoms with Crippen LogP contribution in [-0.2, 0) is 0 Å². The third-order valence-corrected chi connectivity index (χ3v) is 4.09. The lowest BCUT2D eigenvalue weighted by Gasteiger charge is -2.55. The average Bonchev–Trinajstić information content (AvgIpc) is 2.11. The van der Waals surface area contributed by atoms with E-state index in [4.69, 9.17) is 0 Å². The quantitative estimate of drug-likeness (QED) is 0.586. The summed E-state index contributed by atoms with van der Waals surface area (Å²) >= 11 is 2.12. The SMILES string of the molecule is CC.CN1CC2(CSCCN2C)C1. The summed E-state index contributed by atoms with van der Waals surface area (Å²) in [5, 5.41) is 0. The minimum atomic E-state index is 0.553. The fourth-order valence-electron chi connectivity index (χ4n) is 2.10. The van der Waals surface area contributed by atoms with E-state index in [9.17, 15) is 0 Å². The molecule has 0 bridgehead atoms. The molecule has 0 saturated carbocycles.